The third kappa shape index (κ3) is 2.30. The maximum absolute atomic E-state index is 13.1. The molecule has 0 radical (unpaired) electrons. The van der Waals surface area contributed by atoms with Crippen molar-refractivity contribution in [2.45, 2.75) is 28.2 Å². The topological polar surface area (TPSA) is 120 Å². The third-order valence-corrected chi connectivity index (χ3v) is 7.78. The Labute approximate surface area is 157 Å². The van der Waals surface area contributed by atoms with Gasteiger partial charge in [0.1, 0.15) is 10.4 Å². The fourth-order valence-electron chi connectivity index (χ4n) is 3.09. The van der Waals surface area contributed by atoms with Gasteiger partial charge in [0.25, 0.3) is 0 Å². The highest BCUT2D eigenvalue weighted by Gasteiger charge is 2.52. The van der Waals surface area contributed by atoms with Gasteiger partial charge in [0.05, 0.1) is 21.3 Å². The summed E-state index contributed by atoms with van der Waals surface area (Å²) in [6.45, 7) is 0. The molecule has 1 aromatic carbocycles. The molecule has 0 spiro atoms. The van der Waals surface area contributed by atoms with Gasteiger partial charge in [-0.15, -0.1) is 11.3 Å². The predicted molar refractivity (Wildman–Crippen MR) is 98.2 cm³/mol. The van der Waals surface area contributed by atoms with E-state index in [9.17, 15) is 13.2 Å². The minimum absolute atomic E-state index is 0.0467. The minimum Gasteiger partial charge on any atom is -0.369 e. The van der Waals surface area contributed by atoms with Crippen molar-refractivity contribution >= 4 is 43.1 Å². The van der Waals surface area contributed by atoms with Crippen LogP contribution >= 0.6 is 11.3 Å². The van der Waals surface area contributed by atoms with Gasteiger partial charge in [-0.05, 0) is 37.1 Å². The Hall–Kier alpha value is -2.85. The molecular formula is C17H13N5O3S2. The zero-order valence-corrected chi connectivity index (χ0v) is 15.5. The van der Waals surface area contributed by atoms with Crippen LogP contribution in [0.3, 0.4) is 0 Å². The lowest BCUT2D eigenvalue weighted by molar-refractivity contribution is -0.120. The van der Waals surface area contributed by atoms with Crippen molar-refractivity contribution in [2.75, 3.05) is 0 Å². The van der Waals surface area contributed by atoms with E-state index in [4.69, 9.17) is 5.73 Å². The van der Waals surface area contributed by atoms with E-state index >= 15 is 0 Å². The summed E-state index contributed by atoms with van der Waals surface area (Å²) in [5.41, 5.74) is 5.49. The van der Waals surface area contributed by atoms with Crippen LogP contribution in [0.25, 0.3) is 16.0 Å². The lowest BCUT2D eigenvalue weighted by atomic mass is 10.1. The third-order valence-electron chi connectivity index (χ3n) is 4.83. The van der Waals surface area contributed by atoms with Crippen LogP contribution in [0, 0.1) is 0 Å². The molecule has 0 saturated heterocycles. The largest absolute Gasteiger partial charge is 0.369 e. The van der Waals surface area contributed by atoms with Crippen molar-refractivity contribution in [1.82, 2.24) is 19.4 Å². The van der Waals surface area contributed by atoms with Crippen molar-refractivity contribution in [1.29, 1.82) is 0 Å². The maximum atomic E-state index is 13.1. The average Bonchev–Trinajstić information content (AvgIpc) is 3.17. The Bertz CT molecular complexity index is 1340. The first-order valence-corrected chi connectivity index (χ1v) is 10.5. The Morgan fingerprint density at radius 3 is 2.81 bits per heavy atom. The average molecular weight is 399 g/mol. The van der Waals surface area contributed by atoms with E-state index in [0.29, 0.717) is 33.8 Å². The fraction of sp³-hybridized carbons (Fsp3) is 0.176. The van der Waals surface area contributed by atoms with Crippen LogP contribution in [-0.2, 0) is 20.0 Å². The first kappa shape index (κ1) is 16.3. The van der Waals surface area contributed by atoms with Gasteiger partial charge in [0, 0.05) is 12.4 Å². The molecule has 8 nitrogen and oxygen atoms in total. The quantitative estimate of drug-likeness (QED) is 0.557. The zero-order chi connectivity index (χ0) is 18.8. The van der Waals surface area contributed by atoms with Crippen molar-refractivity contribution in [3.05, 3.63) is 47.9 Å². The molecule has 27 heavy (non-hydrogen) atoms. The lowest BCUT2D eigenvalue weighted by Gasteiger charge is -2.04. The van der Waals surface area contributed by atoms with Crippen LogP contribution in [0.2, 0.25) is 0 Å². The highest BCUT2D eigenvalue weighted by atomic mass is 32.2. The van der Waals surface area contributed by atoms with Gasteiger partial charge in [-0.2, -0.15) is 0 Å². The second kappa shape index (κ2) is 5.33. The van der Waals surface area contributed by atoms with Crippen LogP contribution in [0.4, 0.5) is 0 Å². The van der Waals surface area contributed by atoms with Crippen LogP contribution in [0.1, 0.15) is 17.8 Å². The first-order valence-electron chi connectivity index (χ1n) is 8.16. The second-order valence-electron chi connectivity index (χ2n) is 6.48. The number of amides is 1. The molecule has 2 N–H and O–H groups in total. The molecule has 10 heteroatoms. The summed E-state index contributed by atoms with van der Waals surface area (Å²) in [4.78, 5) is 24.5. The van der Waals surface area contributed by atoms with Gasteiger partial charge in [-0.25, -0.2) is 23.4 Å². The Morgan fingerprint density at radius 1 is 1.26 bits per heavy atom. The summed E-state index contributed by atoms with van der Waals surface area (Å²) in [7, 11) is -3.79. The molecule has 1 amide bonds. The lowest BCUT2D eigenvalue weighted by Crippen LogP contribution is -2.28. The number of fused-ring (bicyclic) bond motifs is 2. The van der Waals surface area contributed by atoms with Crippen LogP contribution < -0.4 is 5.73 Å². The normalized spacial score (nSPS) is 16.0. The Morgan fingerprint density at radius 2 is 2.07 bits per heavy atom. The minimum atomic E-state index is -3.79. The van der Waals surface area contributed by atoms with Gasteiger partial charge in [0.15, 0.2) is 5.03 Å². The molecular weight excluding hydrogens is 386 g/mol. The zero-order valence-electron chi connectivity index (χ0n) is 13.9. The van der Waals surface area contributed by atoms with E-state index in [-0.39, 0.29) is 15.8 Å². The number of nitrogens with two attached hydrogens (primary N) is 1. The summed E-state index contributed by atoms with van der Waals surface area (Å²) in [6.07, 6.45) is 5.82. The predicted octanol–water partition coefficient (Wildman–Crippen LogP) is 1.69. The molecule has 0 unspecified atom stereocenters. The van der Waals surface area contributed by atoms with Gasteiger partial charge in [-0.1, -0.05) is 0 Å². The Kier molecular flexibility index (Phi) is 3.23. The van der Waals surface area contributed by atoms with Gasteiger partial charge in [-0.3, -0.25) is 9.20 Å². The molecule has 1 aliphatic carbocycles. The molecule has 0 bridgehead atoms. The summed E-state index contributed by atoms with van der Waals surface area (Å²) in [6, 6.07) is 6.39. The second-order valence-corrected chi connectivity index (χ2v) is 9.41. The molecule has 1 saturated carbocycles. The van der Waals surface area contributed by atoms with Crippen molar-refractivity contribution < 1.29 is 13.2 Å². The van der Waals surface area contributed by atoms with E-state index < -0.39 is 15.3 Å². The van der Waals surface area contributed by atoms with Gasteiger partial charge in [0.2, 0.25) is 21.5 Å². The monoisotopic (exact) mass is 399 g/mol. The molecule has 3 aromatic heterocycles. The number of nitrogens with zero attached hydrogens (tertiary/aromatic N) is 4. The van der Waals surface area contributed by atoms with Crippen LogP contribution in [0.5, 0.6) is 0 Å². The van der Waals surface area contributed by atoms with Gasteiger partial charge < -0.3 is 5.73 Å². The first-order chi connectivity index (χ1) is 12.9. The van der Waals surface area contributed by atoms with Crippen LogP contribution in [-0.4, -0.2) is 33.7 Å². The van der Waals surface area contributed by atoms with E-state index in [0.717, 1.165) is 0 Å². The molecule has 1 fully saturated rings. The van der Waals surface area contributed by atoms with Crippen molar-refractivity contribution in [2.24, 2.45) is 5.73 Å². The number of rotatable bonds is 4. The number of imidazole rings is 1. The number of carbonyl (C=O) groups is 1. The molecule has 4 aromatic rings. The summed E-state index contributed by atoms with van der Waals surface area (Å²) < 4.78 is 28.3. The summed E-state index contributed by atoms with van der Waals surface area (Å²) >= 11 is 1.32. The number of benzene rings is 1. The number of aromatic nitrogens is 4. The Balaban J connectivity index is 1.64. The number of sulfone groups is 1. The summed E-state index contributed by atoms with van der Waals surface area (Å²) in [5.74, 6) is -0.0676. The van der Waals surface area contributed by atoms with Gasteiger partial charge >= 0.3 is 0 Å². The van der Waals surface area contributed by atoms with E-state index in [1.165, 1.54) is 28.0 Å². The van der Waals surface area contributed by atoms with E-state index in [1.54, 1.807) is 30.6 Å². The number of carbonyl (C=O) groups excluding carboxylic acids is 1. The SMILES string of the molecule is NC(=O)C1(c2nc3ccc(S(=O)(=O)c4cnc5ncccn45)cc3s2)CC1. The van der Waals surface area contributed by atoms with Crippen molar-refractivity contribution in [3.8, 4) is 0 Å². The summed E-state index contributed by atoms with van der Waals surface area (Å²) in [5, 5.41) is 0.698. The molecule has 0 aliphatic heterocycles. The number of primary amides is 1. The maximum Gasteiger partial charge on any atom is 0.234 e. The molecule has 3 heterocycles. The highest BCUT2D eigenvalue weighted by molar-refractivity contribution is 7.91. The number of thiazole rings is 1. The number of hydrogen-bond acceptors (Lipinski definition) is 7. The standard InChI is InChI=1S/C17H13N5O3S2/c18-14(23)17(4-5-17)15-21-11-3-2-10(8-12(11)26-15)27(24,25)13-9-20-16-19-6-1-7-22(13)16/h1-3,6-9H,4-5H2,(H2,18,23). The molecule has 5 rings (SSSR count). The van der Waals surface area contributed by atoms with E-state index in [2.05, 4.69) is 15.0 Å². The molecule has 0 atom stereocenters. The van der Waals surface area contributed by atoms with Crippen molar-refractivity contribution in [3.63, 3.8) is 0 Å². The molecule has 1 aliphatic rings. The van der Waals surface area contributed by atoms with E-state index in [1.807, 2.05) is 0 Å². The number of hydrogen-bond donors (Lipinski definition) is 1. The smallest absolute Gasteiger partial charge is 0.234 e. The fourth-order valence-corrected chi connectivity index (χ4v) is 5.78. The van der Waals surface area contributed by atoms with Crippen LogP contribution in [0.15, 0.2) is 52.8 Å². The highest BCUT2D eigenvalue weighted by Crippen LogP contribution is 2.50. The molecule has 136 valence electrons.